The second-order valence-electron chi connectivity index (χ2n) is 5.63. The smallest absolute Gasteiger partial charge is 0.252 e. The maximum Gasteiger partial charge on any atom is 0.252 e. The van der Waals surface area contributed by atoms with Crippen LogP contribution in [0.15, 0.2) is 46.9 Å². The fraction of sp³-hybridized carbons (Fsp3) is 0.118. The van der Waals surface area contributed by atoms with Gasteiger partial charge < -0.3 is 10.6 Å². The van der Waals surface area contributed by atoms with E-state index in [-0.39, 0.29) is 24.3 Å². The van der Waals surface area contributed by atoms with Gasteiger partial charge in [0.15, 0.2) is 5.82 Å². The predicted molar refractivity (Wildman–Crippen MR) is 93.7 cm³/mol. The van der Waals surface area contributed by atoms with Crippen LogP contribution in [0.25, 0.3) is 10.9 Å². The maximum atomic E-state index is 12.4. The molecule has 0 aliphatic carbocycles. The van der Waals surface area contributed by atoms with Crippen LogP contribution in [0.2, 0.25) is 0 Å². The zero-order valence-corrected chi connectivity index (χ0v) is 14.1. The number of nitrogens with zero attached hydrogens (tertiary/aromatic N) is 1. The third kappa shape index (κ3) is 2.56. The molecule has 0 spiro atoms. The summed E-state index contributed by atoms with van der Waals surface area (Å²) in [5, 5.41) is 13.5. The number of amides is 2. The first-order chi connectivity index (χ1) is 11.6. The van der Waals surface area contributed by atoms with Crippen molar-refractivity contribution in [2.75, 3.05) is 5.32 Å². The van der Waals surface area contributed by atoms with Crippen LogP contribution >= 0.6 is 15.9 Å². The lowest BCUT2D eigenvalue weighted by Crippen LogP contribution is -2.24. The third-order valence-electron chi connectivity index (χ3n) is 4.06. The standard InChI is InChI=1S/C17H13BrN4O2/c18-9-5-6-12-14(7-9)21-22-16(12)20-15(23)8-13-10-3-1-2-4-11(10)17(24)19-13/h1-7,13H,8H2,(H,19,24)(H2,20,21,22,23). The third-order valence-corrected chi connectivity index (χ3v) is 4.55. The SMILES string of the molecule is O=C(CC1NC(=O)c2ccccc21)Nc1n[nH]c2cc(Br)ccc12. The van der Waals surface area contributed by atoms with E-state index in [9.17, 15) is 9.59 Å². The van der Waals surface area contributed by atoms with E-state index in [0.717, 1.165) is 20.9 Å². The molecule has 1 unspecified atom stereocenters. The van der Waals surface area contributed by atoms with Gasteiger partial charge in [0.2, 0.25) is 5.91 Å². The van der Waals surface area contributed by atoms with E-state index in [4.69, 9.17) is 0 Å². The fourth-order valence-electron chi connectivity index (χ4n) is 2.94. The van der Waals surface area contributed by atoms with Gasteiger partial charge in [-0.1, -0.05) is 34.1 Å². The lowest BCUT2D eigenvalue weighted by Gasteiger charge is -2.11. The van der Waals surface area contributed by atoms with Crippen molar-refractivity contribution >= 4 is 44.5 Å². The minimum atomic E-state index is -0.312. The molecule has 2 amide bonds. The molecule has 24 heavy (non-hydrogen) atoms. The number of aromatic amines is 1. The van der Waals surface area contributed by atoms with Gasteiger partial charge in [0.05, 0.1) is 18.0 Å². The number of aromatic nitrogens is 2. The van der Waals surface area contributed by atoms with Crippen LogP contribution < -0.4 is 10.6 Å². The highest BCUT2D eigenvalue weighted by atomic mass is 79.9. The Bertz CT molecular complexity index is 966. The summed E-state index contributed by atoms with van der Waals surface area (Å²) in [5.74, 6) is 0.145. The van der Waals surface area contributed by atoms with Crippen LogP contribution in [0.4, 0.5) is 5.82 Å². The lowest BCUT2D eigenvalue weighted by atomic mass is 10.0. The Morgan fingerprint density at radius 2 is 2.08 bits per heavy atom. The summed E-state index contributed by atoms with van der Waals surface area (Å²) in [6, 6.07) is 12.7. The molecule has 2 aromatic carbocycles. The van der Waals surface area contributed by atoms with Gasteiger partial charge in [-0.25, -0.2) is 0 Å². The molecule has 1 atom stereocenters. The second kappa shape index (κ2) is 5.76. The summed E-state index contributed by atoms with van der Waals surface area (Å²) in [4.78, 5) is 24.3. The average molecular weight is 385 g/mol. The quantitative estimate of drug-likeness (QED) is 0.648. The molecule has 7 heteroatoms. The minimum absolute atomic E-state index is 0.140. The van der Waals surface area contributed by atoms with E-state index in [1.165, 1.54) is 0 Å². The van der Waals surface area contributed by atoms with E-state index in [0.29, 0.717) is 11.4 Å². The number of hydrogen-bond donors (Lipinski definition) is 3. The van der Waals surface area contributed by atoms with Crippen LogP contribution in [-0.4, -0.2) is 22.0 Å². The zero-order valence-electron chi connectivity index (χ0n) is 12.5. The molecule has 3 N–H and O–H groups in total. The average Bonchev–Trinajstić information content (AvgIpc) is 3.09. The molecule has 0 fully saturated rings. The van der Waals surface area contributed by atoms with Crippen LogP contribution in [0.3, 0.4) is 0 Å². The summed E-state index contributed by atoms with van der Waals surface area (Å²) in [5.41, 5.74) is 2.32. The highest BCUT2D eigenvalue weighted by Gasteiger charge is 2.29. The van der Waals surface area contributed by atoms with Crippen molar-refractivity contribution in [3.63, 3.8) is 0 Å². The molecule has 3 aromatic rings. The molecule has 0 saturated heterocycles. The van der Waals surface area contributed by atoms with Gasteiger partial charge in [0.25, 0.3) is 5.91 Å². The van der Waals surface area contributed by atoms with Crippen LogP contribution in [-0.2, 0) is 4.79 Å². The molecule has 0 bridgehead atoms. The normalized spacial score (nSPS) is 16.0. The summed E-state index contributed by atoms with van der Waals surface area (Å²) < 4.78 is 0.932. The van der Waals surface area contributed by atoms with Crippen molar-refractivity contribution in [1.29, 1.82) is 0 Å². The molecule has 1 aromatic heterocycles. The van der Waals surface area contributed by atoms with E-state index in [1.807, 2.05) is 36.4 Å². The Labute approximate surface area is 145 Å². The molecule has 0 radical (unpaired) electrons. The molecule has 2 heterocycles. The molecule has 0 saturated carbocycles. The van der Waals surface area contributed by atoms with Crippen LogP contribution in [0.5, 0.6) is 0 Å². The van der Waals surface area contributed by atoms with Gasteiger partial charge in [0, 0.05) is 15.4 Å². The molecular weight excluding hydrogens is 372 g/mol. The topological polar surface area (TPSA) is 86.9 Å². The van der Waals surface area contributed by atoms with Gasteiger partial charge in [-0.2, -0.15) is 5.10 Å². The number of anilines is 1. The summed E-state index contributed by atoms with van der Waals surface area (Å²) >= 11 is 3.40. The Hall–Kier alpha value is -2.67. The van der Waals surface area contributed by atoms with E-state index < -0.39 is 0 Å². The lowest BCUT2D eigenvalue weighted by molar-refractivity contribution is -0.116. The zero-order chi connectivity index (χ0) is 16.7. The number of carbonyl (C=O) groups excluding carboxylic acids is 2. The number of benzene rings is 2. The van der Waals surface area contributed by atoms with Gasteiger partial charge in [0.1, 0.15) is 0 Å². The van der Waals surface area contributed by atoms with Crippen LogP contribution in [0, 0.1) is 0 Å². The van der Waals surface area contributed by atoms with Crippen molar-refractivity contribution in [1.82, 2.24) is 15.5 Å². The molecule has 1 aliphatic rings. The molecule has 4 rings (SSSR count). The van der Waals surface area contributed by atoms with Gasteiger partial charge in [-0.05, 0) is 29.8 Å². The minimum Gasteiger partial charge on any atom is -0.345 e. The largest absolute Gasteiger partial charge is 0.345 e. The van der Waals surface area contributed by atoms with Crippen molar-refractivity contribution in [3.8, 4) is 0 Å². The summed E-state index contributed by atoms with van der Waals surface area (Å²) in [6.07, 6.45) is 0.160. The molecule has 6 nitrogen and oxygen atoms in total. The Balaban J connectivity index is 1.52. The van der Waals surface area contributed by atoms with Gasteiger partial charge in [-0.15, -0.1) is 0 Å². The van der Waals surface area contributed by atoms with Crippen molar-refractivity contribution in [3.05, 3.63) is 58.1 Å². The number of rotatable bonds is 3. The van der Waals surface area contributed by atoms with E-state index in [1.54, 1.807) is 6.07 Å². The monoisotopic (exact) mass is 384 g/mol. The number of nitrogens with one attached hydrogen (secondary N) is 3. The number of H-pyrrole nitrogens is 1. The Morgan fingerprint density at radius 3 is 2.96 bits per heavy atom. The number of hydrogen-bond acceptors (Lipinski definition) is 3. The number of fused-ring (bicyclic) bond motifs is 2. The Morgan fingerprint density at radius 1 is 1.25 bits per heavy atom. The Kier molecular flexibility index (Phi) is 3.57. The summed E-state index contributed by atoms with van der Waals surface area (Å²) in [7, 11) is 0. The second-order valence-corrected chi connectivity index (χ2v) is 6.54. The van der Waals surface area contributed by atoms with Gasteiger partial charge >= 0.3 is 0 Å². The predicted octanol–water partition coefficient (Wildman–Crippen LogP) is 3.14. The molecular formula is C17H13BrN4O2. The highest BCUT2D eigenvalue weighted by Crippen LogP contribution is 2.28. The fourth-order valence-corrected chi connectivity index (χ4v) is 3.30. The van der Waals surface area contributed by atoms with E-state index >= 15 is 0 Å². The molecule has 1 aliphatic heterocycles. The number of carbonyl (C=O) groups is 2. The van der Waals surface area contributed by atoms with Gasteiger partial charge in [-0.3, -0.25) is 14.7 Å². The van der Waals surface area contributed by atoms with Crippen molar-refractivity contribution in [2.45, 2.75) is 12.5 Å². The number of halogens is 1. The molecule has 120 valence electrons. The first-order valence-corrected chi connectivity index (χ1v) is 8.24. The maximum absolute atomic E-state index is 12.4. The summed E-state index contributed by atoms with van der Waals surface area (Å²) in [6.45, 7) is 0. The van der Waals surface area contributed by atoms with Crippen molar-refractivity contribution in [2.24, 2.45) is 0 Å². The van der Waals surface area contributed by atoms with Crippen LogP contribution in [0.1, 0.15) is 28.4 Å². The highest BCUT2D eigenvalue weighted by molar-refractivity contribution is 9.10. The first kappa shape index (κ1) is 14.9. The van der Waals surface area contributed by atoms with Crippen molar-refractivity contribution < 1.29 is 9.59 Å². The first-order valence-electron chi connectivity index (χ1n) is 7.45. The van der Waals surface area contributed by atoms with E-state index in [2.05, 4.69) is 36.8 Å².